The van der Waals surface area contributed by atoms with Crippen LogP contribution in [0.2, 0.25) is 5.02 Å². The third-order valence-electron chi connectivity index (χ3n) is 6.59. The van der Waals surface area contributed by atoms with Crippen LogP contribution in [0.4, 0.5) is 5.69 Å². The van der Waals surface area contributed by atoms with E-state index >= 15 is 0 Å². The fourth-order valence-corrected chi connectivity index (χ4v) is 4.82. The molecule has 0 radical (unpaired) electrons. The SMILES string of the molecule is CCn1c(=O)n(-c2ccccc2)c2nc(-c3ccc(-c4ccc(N)cn4)cc3)n(-c3ccc(Cl)cc3)c(=O)c21. The molecule has 0 unspecified atom stereocenters. The van der Waals surface area contributed by atoms with Crippen molar-refractivity contribution in [2.24, 2.45) is 0 Å². The number of pyridine rings is 1. The summed E-state index contributed by atoms with van der Waals surface area (Å²) in [6, 6.07) is 27.4. The van der Waals surface area contributed by atoms with Gasteiger partial charge in [0.25, 0.3) is 5.56 Å². The van der Waals surface area contributed by atoms with E-state index in [0.717, 1.165) is 11.3 Å². The van der Waals surface area contributed by atoms with Crippen LogP contribution in [0.25, 0.3) is 45.2 Å². The lowest BCUT2D eigenvalue weighted by molar-refractivity contribution is 0.730. The van der Waals surface area contributed by atoms with Gasteiger partial charge in [-0.15, -0.1) is 0 Å². The number of rotatable bonds is 5. The van der Waals surface area contributed by atoms with Crippen molar-refractivity contribution in [3.63, 3.8) is 0 Å². The molecule has 2 N–H and O–H groups in total. The predicted molar refractivity (Wildman–Crippen MR) is 155 cm³/mol. The summed E-state index contributed by atoms with van der Waals surface area (Å²) in [5, 5.41) is 0.545. The summed E-state index contributed by atoms with van der Waals surface area (Å²) in [4.78, 5) is 37.1. The molecule has 0 aliphatic carbocycles. The highest BCUT2D eigenvalue weighted by Gasteiger charge is 2.23. The van der Waals surface area contributed by atoms with E-state index in [9.17, 15) is 9.59 Å². The Balaban J connectivity index is 1.65. The lowest BCUT2D eigenvalue weighted by atomic mass is 10.1. The topological polar surface area (TPSA) is 101 Å². The van der Waals surface area contributed by atoms with Crippen LogP contribution in [0.5, 0.6) is 0 Å². The summed E-state index contributed by atoms with van der Waals surface area (Å²) in [5.74, 6) is 0.393. The number of hydrogen-bond donors (Lipinski definition) is 1. The molecule has 0 fully saturated rings. The quantitative estimate of drug-likeness (QED) is 0.322. The standard InChI is InChI=1S/C30H23ClN6O2/c1-2-35-26-28(37(30(35)39)23-6-4-3-5-7-23)34-27(36(29(26)38)24-15-12-21(31)13-16-24)20-10-8-19(9-11-20)25-17-14-22(32)18-33-25/h3-18H,2,32H2,1H3. The first-order valence-electron chi connectivity index (χ1n) is 12.4. The van der Waals surface area contributed by atoms with Crippen molar-refractivity contribution in [3.8, 4) is 34.0 Å². The molecule has 0 aliphatic rings. The molecule has 9 heteroatoms. The molecule has 192 valence electrons. The van der Waals surface area contributed by atoms with Gasteiger partial charge < -0.3 is 5.73 Å². The number of anilines is 1. The fourth-order valence-electron chi connectivity index (χ4n) is 4.69. The number of nitrogens with two attached hydrogens (primary N) is 1. The average Bonchev–Trinajstić information content (AvgIpc) is 3.25. The molecule has 0 amide bonds. The number of benzene rings is 3. The van der Waals surface area contributed by atoms with E-state index in [-0.39, 0.29) is 16.8 Å². The summed E-state index contributed by atoms with van der Waals surface area (Å²) in [5.41, 5.74) is 9.78. The Morgan fingerprint density at radius 3 is 2.10 bits per heavy atom. The van der Waals surface area contributed by atoms with Gasteiger partial charge in [-0.2, -0.15) is 0 Å². The summed E-state index contributed by atoms with van der Waals surface area (Å²) in [6.45, 7) is 2.15. The molecule has 0 spiro atoms. The maximum absolute atomic E-state index is 14.2. The molecule has 0 saturated heterocycles. The summed E-state index contributed by atoms with van der Waals surface area (Å²) in [6.07, 6.45) is 1.61. The molecule has 39 heavy (non-hydrogen) atoms. The molecule has 3 aromatic carbocycles. The largest absolute Gasteiger partial charge is 0.397 e. The summed E-state index contributed by atoms with van der Waals surface area (Å²) >= 11 is 6.15. The molecule has 0 atom stereocenters. The first-order valence-corrected chi connectivity index (χ1v) is 12.8. The minimum Gasteiger partial charge on any atom is -0.397 e. The van der Waals surface area contributed by atoms with Crippen LogP contribution in [-0.2, 0) is 6.54 Å². The second kappa shape index (κ2) is 9.74. The zero-order valence-electron chi connectivity index (χ0n) is 21.0. The van der Waals surface area contributed by atoms with Gasteiger partial charge in [-0.3, -0.25) is 18.9 Å². The fraction of sp³-hybridized carbons (Fsp3) is 0.0667. The predicted octanol–water partition coefficient (Wildman–Crippen LogP) is 5.32. The van der Waals surface area contributed by atoms with Crippen molar-refractivity contribution >= 4 is 28.5 Å². The minimum atomic E-state index is -0.352. The van der Waals surface area contributed by atoms with E-state index in [2.05, 4.69) is 4.98 Å². The Hall–Kier alpha value is -4.95. The Labute approximate surface area is 228 Å². The summed E-state index contributed by atoms with van der Waals surface area (Å²) < 4.78 is 4.47. The Morgan fingerprint density at radius 1 is 0.795 bits per heavy atom. The number of fused-ring (bicyclic) bond motifs is 1. The Bertz CT molecular complexity index is 1920. The number of aryl methyl sites for hydroxylation is 1. The average molecular weight is 535 g/mol. The van der Waals surface area contributed by atoms with Gasteiger partial charge in [0, 0.05) is 22.7 Å². The van der Waals surface area contributed by atoms with Gasteiger partial charge in [-0.05, 0) is 55.5 Å². The highest BCUT2D eigenvalue weighted by molar-refractivity contribution is 6.30. The molecule has 0 bridgehead atoms. The smallest absolute Gasteiger partial charge is 0.335 e. The first kappa shape index (κ1) is 24.4. The minimum absolute atomic E-state index is 0.229. The van der Waals surface area contributed by atoms with E-state index in [1.807, 2.05) is 67.6 Å². The van der Waals surface area contributed by atoms with Gasteiger partial charge in [-0.1, -0.05) is 54.1 Å². The van der Waals surface area contributed by atoms with E-state index in [1.165, 1.54) is 13.7 Å². The third kappa shape index (κ3) is 4.20. The highest BCUT2D eigenvalue weighted by atomic mass is 35.5. The zero-order chi connectivity index (χ0) is 27.1. The number of halogens is 1. The van der Waals surface area contributed by atoms with Crippen LogP contribution in [0.15, 0.2) is 107 Å². The van der Waals surface area contributed by atoms with Gasteiger partial charge >= 0.3 is 5.69 Å². The van der Waals surface area contributed by atoms with Crippen LogP contribution < -0.4 is 17.0 Å². The Morgan fingerprint density at radius 2 is 1.46 bits per heavy atom. The monoisotopic (exact) mass is 534 g/mol. The van der Waals surface area contributed by atoms with Crippen molar-refractivity contribution in [1.29, 1.82) is 0 Å². The van der Waals surface area contributed by atoms with Crippen LogP contribution in [0.1, 0.15) is 6.92 Å². The number of nitrogen functional groups attached to an aromatic ring is 1. The Kier molecular flexibility index (Phi) is 6.09. The van der Waals surface area contributed by atoms with Crippen molar-refractivity contribution in [2.75, 3.05) is 5.73 Å². The number of para-hydroxylation sites is 1. The zero-order valence-corrected chi connectivity index (χ0v) is 21.7. The second-order valence-corrected chi connectivity index (χ2v) is 9.41. The van der Waals surface area contributed by atoms with Crippen molar-refractivity contribution in [3.05, 3.63) is 123 Å². The van der Waals surface area contributed by atoms with Crippen LogP contribution in [0.3, 0.4) is 0 Å². The number of hydrogen-bond acceptors (Lipinski definition) is 5. The van der Waals surface area contributed by atoms with Crippen molar-refractivity contribution in [2.45, 2.75) is 13.5 Å². The highest BCUT2D eigenvalue weighted by Crippen LogP contribution is 2.27. The molecular formula is C30H23ClN6O2. The van der Waals surface area contributed by atoms with Crippen molar-refractivity contribution in [1.82, 2.24) is 23.7 Å². The lowest BCUT2D eigenvalue weighted by Gasteiger charge is -2.14. The number of aromatic nitrogens is 5. The second-order valence-electron chi connectivity index (χ2n) is 8.98. The van der Waals surface area contributed by atoms with Gasteiger partial charge in [0.1, 0.15) is 5.82 Å². The van der Waals surface area contributed by atoms with E-state index in [1.54, 1.807) is 36.5 Å². The van der Waals surface area contributed by atoms with E-state index < -0.39 is 0 Å². The molecule has 8 nitrogen and oxygen atoms in total. The van der Waals surface area contributed by atoms with Gasteiger partial charge in [-0.25, -0.2) is 14.3 Å². The van der Waals surface area contributed by atoms with E-state index in [4.69, 9.17) is 22.3 Å². The summed E-state index contributed by atoms with van der Waals surface area (Å²) in [7, 11) is 0. The van der Waals surface area contributed by atoms with E-state index in [0.29, 0.717) is 45.7 Å². The molecule has 3 heterocycles. The number of nitrogens with zero attached hydrogens (tertiary/aromatic N) is 5. The molecule has 6 aromatic rings. The molecule has 0 saturated carbocycles. The maximum Gasteiger partial charge on any atom is 0.335 e. The first-order chi connectivity index (χ1) is 19.0. The van der Waals surface area contributed by atoms with Crippen molar-refractivity contribution < 1.29 is 0 Å². The van der Waals surface area contributed by atoms with Crippen LogP contribution in [-0.4, -0.2) is 23.7 Å². The van der Waals surface area contributed by atoms with Gasteiger partial charge in [0.05, 0.1) is 29.0 Å². The van der Waals surface area contributed by atoms with Crippen LogP contribution >= 0.6 is 11.6 Å². The molecular weight excluding hydrogens is 512 g/mol. The van der Waals surface area contributed by atoms with Crippen LogP contribution in [0, 0.1) is 0 Å². The lowest BCUT2D eigenvalue weighted by Crippen LogP contribution is -2.26. The van der Waals surface area contributed by atoms with Gasteiger partial charge in [0.15, 0.2) is 11.2 Å². The third-order valence-corrected chi connectivity index (χ3v) is 6.84. The molecule has 0 aliphatic heterocycles. The normalized spacial score (nSPS) is 11.2. The van der Waals surface area contributed by atoms with Gasteiger partial charge in [0.2, 0.25) is 0 Å². The number of imidazole rings is 1. The molecule has 6 rings (SSSR count). The maximum atomic E-state index is 14.2. The molecule has 3 aromatic heterocycles.